The number of nitrogens with one attached hydrogen (secondary N) is 1. The Morgan fingerprint density at radius 3 is 2.35 bits per heavy atom. The highest BCUT2D eigenvalue weighted by molar-refractivity contribution is 6.35. The molecule has 0 spiro atoms. The van der Waals surface area contributed by atoms with Crippen molar-refractivity contribution < 1.29 is 4.79 Å². The van der Waals surface area contributed by atoms with E-state index in [0.29, 0.717) is 22.5 Å². The van der Waals surface area contributed by atoms with Crippen LogP contribution in [0, 0.1) is 17.8 Å². The minimum Gasteiger partial charge on any atom is -0.356 e. The molecule has 5 atom stereocenters. The molecule has 2 fully saturated rings. The van der Waals surface area contributed by atoms with Crippen molar-refractivity contribution in [2.75, 3.05) is 6.54 Å². The van der Waals surface area contributed by atoms with Gasteiger partial charge in [0.05, 0.1) is 0 Å². The van der Waals surface area contributed by atoms with Crippen LogP contribution >= 0.6 is 34.8 Å². The van der Waals surface area contributed by atoms with Crippen LogP contribution in [0.2, 0.25) is 15.1 Å². The Labute approximate surface area is 168 Å². The number of hydrogen-bond acceptors (Lipinski definition) is 1. The van der Waals surface area contributed by atoms with E-state index in [1.54, 1.807) is 0 Å². The number of fused-ring (bicyclic) bond motifs is 1. The van der Waals surface area contributed by atoms with Crippen molar-refractivity contribution in [3.8, 4) is 0 Å². The molecule has 2 aliphatic rings. The van der Waals surface area contributed by atoms with Crippen LogP contribution in [-0.4, -0.2) is 12.5 Å². The van der Waals surface area contributed by atoms with Crippen molar-refractivity contribution >= 4 is 40.7 Å². The summed E-state index contributed by atoms with van der Waals surface area (Å²) in [5, 5.41) is 5.14. The smallest absolute Gasteiger partial charge is 0.223 e. The lowest BCUT2D eigenvalue weighted by atomic mass is 9.60. The summed E-state index contributed by atoms with van der Waals surface area (Å²) in [6.07, 6.45) is 0.920. The lowest BCUT2D eigenvalue weighted by Crippen LogP contribution is -2.37. The molecule has 1 aliphatic heterocycles. The summed E-state index contributed by atoms with van der Waals surface area (Å²) in [5.74, 6) is 1.25. The van der Waals surface area contributed by atoms with Gasteiger partial charge < -0.3 is 5.32 Å². The second kappa shape index (κ2) is 7.07. The van der Waals surface area contributed by atoms with E-state index in [1.807, 2.05) is 30.3 Å². The minimum absolute atomic E-state index is 0.0537. The largest absolute Gasteiger partial charge is 0.356 e. The molecule has 1 saturated carbocycles. The molecule has 1 amide bonds. The van der Waals surface area contributed by atoms with E-state index in [4.69, 9.17) is 34.8 Å². The standard InChI is InChI=1S/C21H20Cl3NO/c1-11-8-16(15-7-6-14(23)9-18(15)24)20(12-2-4-13(22)5-3-12)17-10-25-21(26)19(11)17/h2-7,9,11,16-17,19-20H,8,10H2,1H3,(H,25,26)/t11-,16?,17+,19+,20-/m0/s1. The zero-order chi connectivity index (χ0) is 18.4. The van der Waals surface area contributed by atoms with E-state index in [0.717, 1.165) is 17.0 Å². The molecule has 2 aromatic carbocycles. The molecule has 1 heterocycles. The van der Waals surface area contributed by atoms with Gasteiger partial charge in [-0.05, 0) is 65.5 Å². The molecule has 2 nitrogen and oxygen atoms in total. The molecule has 2 aromatic rings. The predicted octanol–water partition coefficient (Wildman–Crippen LogP) is 5.92. The molecular formula is C21H20Cl3NO. The van der Waals surface area contributed by atoms with Crippen LogP contribution in [-0.2, 0) is 4.79 Å². The van der Waals surface area contributed by atoms with Crippen molar-refractivity contribution in [1.29, 1.82) is 0 Å². The maximum atomic E-state index is 12.4. The molecule has 136 valence electrons. The molecule has 1 saturated heterocycles. The number of amides is 1. The first kappa shape index (κ1) is 18.2. The first-order valence-electron chi connectivity index (χ1n) is 8.94. The van der Waals surface area contributed by atoms with Gasteiger partial charge in [0.1, 0.15) is 0 Å². The van der Waals surface area contributed by atoms with E-state index in [-0.39, 0.29) is 29.6 Å². The first-order valence-corrected chi connectivity index (χ1v) is 10.1. The third-order valence-corrected chi connectivity index (χ3v) is 6.84. The summed E-state index contributed by atoms with van der Waals surface area (Å²) in [6.45, 7) is 2.89. The Hall–Kier alpha value is -1.22. The summed E-state index contributed by atoms with van der Waals surface area (Å²) in [4.78, 5) is 12.4. The second-order valence-corrected chi connectivity index (χ2v) is 8.78. The van der Waals surface area contributed by atoms with Crippen LogP contribution in [0.15, 0.2) is 42.5 Å². The van der Waals surface area contributed by atoms with Gasteiger partial charge in [-0.2, -0.15) is 0 Å². The zero-order valence-electron chi connectivity index (χ0n) is 14.4. The minimum atomic E-state index is 0.0537. The Morgan fingerprint density at radius 2 is 1.65 bits per heavy atom. The van der Waals surface area contributed by atoms with Crippen LogP contribution < -0.4 is 5.32 Å². The molecule has 0 radical (unpaired) electrons. The van der Waals surface area contributed by atoms with Crippen molar-refractivity contribution in [3.63, 3.8) is 0 Å². The van der Waals surface area contributed by atoms with Crippen LogP contribution in [0.5, 0.6) is 0 Å². The van der Waals surface area contributed by atoms with Gasteiger partial charge in [0.2, 0.25) is 5.91 Å². The molecule has 0 bridgehead atoms. The fourth-order valence-corrected chi connectivity index (χ4v) is 5.64. The van der Waals surface area contributed by atoms with E-state index >= 15 is 0 Å². The highest BCUT2D eigenvalue weighted by atomic mass is 35.5. The molecule has 1 unspecified atom stereocenters. The summed E-state index contributed by atoms with van der Waals surface area (Å²) in [7, 11) is 0. The fraction of sp³-hybridized carbons (Fsp3) is 0.381. The van der Waals surface area contributed by atoms with Gasteiger partial charge in [-0.25, -0.2) is 0 Å². The summed E-state index contributed by atoms with van der Waals surface area (Å²) >= 11 is 18.8. The molecule has 4 rings (SSSR count). The highest BCUT2D eigenvalue weighted by Gasteiger charge is 2.50. The number of carbonyl (C=O) groups is 1. The van der Waals surface area contributed by atoms with Crippen molar-refractivity contribution in [2.24, 2.45) is 17.8 Å². The van der Waals surface area contributed by atoms with Crippen LogP contribution in [0.4, 0.5) is 0 Å². The summed E-state index contributed by atoms with van der Waals surface area (Å²) in [5.41, 5.74) is 2.32. The average Bonchev–Trinajstić information content (AvgIpc) is 2.98. The second-order valence-electron chi connectivity index (χ2n) is 7.50. The molecular weight excluding hydrogens is 389 g/mol. The van der Waals surface area contributed by atoms with Crippen molar-refractivity contribution in [3.05, 3.63) is 68.7 Å². The number of halogens is 3. The van der Waals surface area contributed by atoms with E-state index < -0.39 is 0 Å². The summed E-state index contributed by atoms with van der Waals surface area (Å²) < 4.78 is 0. The normalized spacial score (nSPS) is 30.8. The van der Waals surface area contributed by atoms with Crippen LogP contribution in [0.1, 0.15) is 36.3 Å². The van der Waals surface area contributed by atoms with E-state index in [2.05, 4.69) is 24.4 Å². The van der Waals surface area contributed by atoms with Gasteiger partial charge >= 0.3 is 0 Å². The van der Waals surface area contributed by atoms with Crippen molar-refractivity contribution in [2.45, 2.75) is 25.2 Å². The maximum Gasteiger partial charge on any atom is 0.223 e. The number of benzene rings is 2. The Bertz CT molecular complexity index is 836. The Morgan fingerprint density at radius 1 is 0.962 bits per heavy atom. The van der Waals surface area contributed by atoms with Gasteiger partial charge in [0, 0.05) is 27.5 Å². The monoisotopic (exact) mass is 407 g/mol. The fourth-order valence-electron chi connectivity index (χ4n) is 4.97. The van der Waals surface area contributed by atoms with Gasteiger partial charge in [0.15, 0.2) is 0 Å². The van der Waals surface area contributed by atoms with E-state index in [1.165, 1.54) is 5.56 Å². The van der Waals surface area contributed by atoms with Gasteiger partial charge in [-0.15, -0.1) is 0 Å². The third-order valence-electron chi connectivity index (χ3n) is 6.03. The molecule has 1 N–H and O–H groups in total. The lowest BCUT2D eigenvalue weighted by molar-refractivity contribution is -0.125. The Balaban J connectivity index is 1.82. The van der Waals surface area contributed by atoms with Gasteiger partial charge in [-0.3, -0.25) is 4.79 Å². The number of hydrogen-bond donors (Lipinski definition) is 1. The molecule has 26 heavy (non-hydrogen) atoms. The maximum absolute atomic E-state index is 12.4. The zero-order valence-corrected chi connectivity index (χ0v) is 16.7. The predicted molar refractivity (Wildman–Crippen MR) is 107 cm³/mol. The number of carbonyl (C=O) groups excluding carboxylic acids is 1. The third kappa shape index (κ3) is 3.13. The van der Waals surface area contributed by atoms with Crippen molar-refractivity contribution in [1.82, 2.24) is 5.32 Å². The average molecular weight is 409 g/mol. The van der Waals surface area contributed by atoms with Gasteiger partial charge in [0.25, 0.3) is 0 Å². The molecule has 1 aliphatic carbocycles. The molecule has 0 aromatic heterocycles. The first-order chi connectivity index (χ1) is 12.5. The van der Waals surface area contributed by atoms with E-state index in [9.17, 15) is 4.79 Å². The van der Waals surface area contributed by atoms with Crippen LogP contribution in [0.3, 0.4) is 0 Å². The Kier molecular flexibility index (Phi) is 4.94. The lowest BCUT2D eigenvalue weighted by Gasteiger charge is -2.43. The number of rotatable bonds is 2. The molecule has 5 heteroatoms. The SMILES string of the molecule is C[C@H]1CC(c2ccc(Cl)cc2Cl)[C@H](c2ccc(Cl)cc2)[C@@H]2CNC(=O)[C@@H]21. The quantitative estimate of drug-likeness (QED) is 0.657. The summed E-state index contributed by atoms with van der Waals surface area (Å²) in [6, 6.07) is 13.8. The van der Waals surface area contributed by atoms with Crippen LogP contribution in [0.25, 0.3) is 0 Å². The highest BCUT2D eigenvalue weighted by Crippen LogP contribution is 2.54. The topological polar surface area (TPSA) is 29.1 Å². The van der Waals surface area contributed by atoms with Gasteiger partial charge in [-0.1, -0.05) is 59.9 Å².